The number of thiocarbonyl (C=S) groups is 1. The van der Waals surface area contributed by atoms with Crippen LogP contribution < -0.4 is 20.1 Å². The Hall–Kier alpha value is -3.62. The van der Waals surface area contributed by atoms with Crippen molar-refractivity contribution in [3.63, 3.8) is 0 Å². The van der Waals surface area contributed by atoms with Gasteiger partial charge in [0.05, 0.1) is 18.7 Å². The number of carbonyl (C=O) groups is 1. The number of hydrogen-bond donors (Lipinski definition) is 2. The normalized spacial score (nSPS) is 10.6. The van der Waals surface area contributed by atoms with Gasteiger partial charge < -0.3 is 19.2 Å². The number of anilines is 1. The number of aromatic nitrogens is 1. The quantitative estimate of drug-likeness (QED) is 0.342. The van der Waals surface area contributed by atoms with E-state index in [1.165, 1.54) is 13.2 Å². The van der Waals surface area contributed by atoms with Gasteiger partial charge >= 0.3 is 0 Å². The molecule has 33 heavy (non-hydrogen) atoms. The van der Waals surface area contributed by atoms with E-state index in [1.807, 2.05) is 31.2 Å². The van der Waals surface area contributed by atoms with E-state index in [0.717, 1.165) is 11.3 Å². The molecule has 168 valence electrons. The Kier molecular flexibility index (Phi) is 6.76. The van der Waals surface area contributed by atoms with E-state index in [1.54, 1.807) is 30.3 Å². The van der Waals surface area contributed by atoms with Crippen molar-refractivity contribution in [2.75, 3.05) is 19.0 Å². The Balaban J connectivity index is 1.44. The molecule has 4 rings (SSSR count). The van der Waals surface area contributed by atoms with Crippen molar-refractivity contribution < 1.29 is 18.7 Å². The van der Waals surface area contributed by atoms with Crippen molar-refractivity contribution in [2.45, 2.75) is 6.92 Å². The third kappa shape index (κ3) is 5.24. The molecule has 9 heteroatoms. The molecule has 1 heterocycles. The fourth-order valence-electron chi connectivity index (χ4n) is 3.13. The fraction of sp³-hybridized carbons (Fsp3) is 0.125. The summed E-state index contributed by atoms with van der Waals surface area (Å²) in [5.41, 5.74) is 3.14. The van der Waals surface area contributed by atoms with Gasteiger partial charge in [-0.3, -0.25) is 10.1 Å². The van der Waals surface area contributed by atoms with Gasteiger partial charge in [0.25, 0.3) is 5.91 Å². The summed E-state index contributed by atoms with van der Waals surface area (Å²) in [6.07, 6.45) is 0. The largest absolute Gasteiger partial charge is 0.495 e. The van der Waals surface area contributed by atoms with Gasteiger partial charge in [0, 0.05) is 16.8 Å². The maximum absolute atomic E-state index is 12.5. The zero-order valence-corrected chi connectivity index (χ0v) is 19.4. The summed E-state index contributed by atoms with van der Waals surface area (Å²) in [7, 11) is 1.51. The van der Waals surface area contributed by atoms with Gasteiger partial charge in [-0.2, -0.15) is 0 Å². The first-order valence-electron chi connectivity index (χ1n) is 10.1. The molecule has 0 aliphatic rings. The Morgan fingerprint density at radius 2 is 1.91 bits per heavy atom. The smallest absolute Gasteiger partial charge is 0.257 e. The molecule has 1 aromatic heterocycles. The SMILES string of the molecule is CCOc1ccc(-c2nc3cc(NC(=S)NC(=O)c4ccc(OC)c(Cl)c4)ccc3o2)cc1. The first kappa shape index (κ1) is 22.6. The van der Waals surface area contributed by atoms with Gasteiger partial charge in [-0.25, -0.2) is 4.98 Å². The van der Waals surface area contributed by atoms with E-state index < -0.39 is 5.91 Å². The summed E-state index contributed by atoms with van der Waals surface area (Å²) in [5, 5.41) is 6.09. The summed E-state index contributed by atoms with van der Waals surface area (Å²) in [6.45, 7) is 2.54. The second kappa shape index (κ2) is 9.89. The van der Waals surface area contributed by atoms with Gasteiger partial charge in [0.15, 0.2) is 10.7 Å². The minimum absolute atomic E-state index is 0.140. The van der Waals surface area contributed by atoms with E-state index in [4.69, 9.17) is 37.7 Å². The zero-order chi connectivity index (χ0) is 23.4. The molecule has 0 unspecified atom stereocenters. The molecule has 0 bridgehead atoms. The molecule has 1 amide bonds. The lowest BCUT2D eigenvalue weighted by molar-refractivity contribution is 0.0977. The van der Waals surface area contributed by atoms with Crippen LogP contribution in [-0.4, -0.2) is 29.7 Å². The summed E-state index contributed by atoms with van der Waals surface area (Å²) >= 11 is 11.4. The predicted octanol–water partition coefficient (Wildman–Crippen LogP) is 5.68. The van der Waals surface area contributed by atoms with Crippen LogP contribution in [0.25, 0.3) is 22.6 Å². The summed E-state index contributed by atoms with van der Waals surface area (Å²) < 4.78 is 16.4. The van der Waals surface area contributed by atoms with Crippen LogP contribution in [0.1, 0.15) is 17.3 Å². The average molecular weight is 482 g/mol. The molecule has 0 aliphatic carbocycles. The second-order valence-electron chi connectivity index (χ2n) is 6.92. The van der Waals surface area contributed by atoms with Gasteiger partial charge in [-0.15, -0.1) is 0 Å². The molecular weight excluding hydrogens is 462 g/mol. The van der Waals surface area contributed by atoms with E-state index in [2.05, 4.69) is 15.6 Å². The minimum Gasteiger partial charge on any atom is -0.495 e. The Labute approximate surface area is 200 Å². The van der Waals surface area contributed by atoms with Crippen LogP contribution in [0, 0.1) is 0 Å². The molecule has 0 saturated heterocycles. The zero-order valence-electron chi connectivity index (χ0n) is 17.8. The second-order valence-corrected chi connectivity index (χ2v) is 7.73. The van der Waals surface area contributed by atoms with Crippen molar-refractivity contribution >= 4 is 51.6 Å². The molecule has 0 fully saturated rings. The number of methoxy groups -OCH3 is 1. The third-order valence-electron chi connectivity index (χ3n) is 4.70. The number of carbonyl (C=O) groups excluding carboxylic acids is 1. The van der Waals surface area contributed by atoms with E-state index in [-0.39, 0.29) is 5.11 Å². The summed E-state index contributed by atoms with van der Waals surface area (Å²) in [6, 6.07) is 17.6. The number of hydrogen-bond acceptors (Lipinski definition) is 6. The van der Waals surface area contributed by atoms with Crippen LogP contribution in [0.5, 0.6) is 11.5 Å². The van der Waals surface area contributed by atoms with Crippen LogP contribution in [0.4, 0.5) is 5.69 Å². The molecule has 0 radical (unpaired) electrons. The molecule has 7 nitrogen and oxygen atoms in total. The molecule has 0 spiro atoms. The molecule has 0 aliphatic heterocycles. The molecule has 4 aromatic rings. The lowest BCUT2D eigenvalue weighted by atomic mass is 10.2. The lowest BCUT2D eigenvalue weighted by Gasteiger charge is -2.10. The minimum atomic E-state index is -0.391. The number of ether oxygens (including phenoxy) is 2. The van der Waals surface area contributed by atoms with E-state index in [0.29, 0.717) is 45.6 Å². The fourth-order valence-corrected chi connectivity index (χ4v) is 3.60. The molecule has 3 aromatic carbocycles. The number of amides is 1. The van der Waals surface area contributed by atoms with Crippen molar-refractivity contribution in [1.82, 2.24) is 10.3 Å². The highest BCUT2D eigenvalue weighted by Crippen LogP contribution is 2.28. The molecule has 0 saturated carbocycles. The number of benzene rings is 3. The third-order valence-corrected chi connectivity index (χ3v) is 5.20. The summed E-state index contributed by atoms with van der Waals surface area (Å²) in [5.74, 6) is 1.38. The molecule has 2 N–H and O–H groups in total. The number of halogens is 1. The van der Waals surface area contributed by atoms with Gasteiger partial charge in [-0.1, -0.05) is 11.6 Å². The standard InChI is InChI=1S/C24H20ClN3O4S/c1-3-31-17-8-4-14(5-9-17)23-27-19-13-16(7-11-21(19)32-23)26-24(33)28-22(29)15-6-10-20(30-2)18(25)12-15/h4-13H,3H2,1-2H3,(H2,26,28,29,33). The monoisotopic (exact) mass is 481 g/mol. The van der Waals surface area contributed by atoms with Gasteiger partial charge in [0.1, 0.15) is 17.0 Å². The van der Waals surface area contributed by atoms with Crippen LogP contribution in [-0.2, 0) is 0 Å². The van der Waals surface area contributed by atoms with Crippen molar-refractivity contribution in [3.05, 3.63) is 71.2 Å². The topological polar surface area (TPSA) is 85.6 Å². The number of nitrogens with one attached hydrogen (secondary N) is 2. The number of nitrogens with zero attached hydrogens (tertiary/aromatic N) is 1. The Morgan fingerprint density at radius 1 is 1.12 bits per heavy atom. The predicted molar refractivity (Wildman–Crippen MR) is 132 cm³/mol. The van der Waals surface area contributed by atoms with Crippen LogP contribution >= 0.6 is 23.8 Å². The highest BCUT2D eigenvalue weighted by molar-refractivity contribution is 7.80. The van der Waals surface area contributed by atoms with Crippen molar-refractivity contribution in [1.29, 1.82) is 0 Å². The van der Waals surface area contributed by atoms with Crippen molar-refractivity contribution in [2.24, 2.45) is 0 Å². The van der Waals surface area contributed by atoms with Gasteiger partial charge in [-0.05, 0) is 79.8 Å². The van der Waals surface area contributed by atoms with Gasteiger partial charge in [0.2, 0.25) is 5.89 Å². The highest BCUT2D eigenvalue weighted by Gasteiger charge is 2.13. The van der Waals surface area contributed by atoms with Crippen LogP contribution in [0.3, 0.4) is 0 Å². The molecule has 0 atom stereocenters. The van der Waals surface area contributed by atoms with E-state index >= 15 is 0 Å². The van der Waals surface area contributed by atoms with Crippen LogP contribution in [0.2, 0.25) is 5.02 Å². The van der Waals surface area contributed by atoms with Crippen LogP contribution in [0.15, 0.2) is 65.1 Å². The first-order valence-corrected chi connectivity index (χ1v) is 10.8. The number of rotatable bonds is 6. The lowest BCUT2D eigenvalue weighted by Crippen LogP contribution is -2.34. The maximum atomic E-state index is 12.5. The average Bonchev–Trinajstić information content (AvgIpc) is 3.23. The van der Waals surface area contributed by atoms with Crippen molar-refractivity contribution in [3.8, 4) is 23.0 Å². The number of fused-ring (bicyclic) bond motifs is 1. The highest BCUT2D eigenvalue weighted by atomic mass is 35.5. The van der Waals surface area contributed by atoms with E-state index in [9.17, 15) is 4.79 Å². The first-order chi connectivity index (χ1) is 16.0. The Morgan fingerprint density at radius 3 is 2.61 bits per heavy atom. The maximum Gasteiger partial charge on any atom is 0.257 e. The summed E-state index contributed by atoms with van der Waals surface area (Å²) in [4.78, 5) is 17.0. The Bertz CT molecular complexity index is 1320. The number of oxazole rings is 1. The molecular formula is C24H20ClN3O4S.